The van der Waals surface area contributed by atoms with Crippen LogP contribution in [0, 0.1) is 0 Å². The zero-order chi connectivity index (χ0) is 24.6. The molecule has 0 fully saturated rings. The van der Waals surface area contributed by atoms with E-state index in [2.05, 4.69) is 15.5 Å². The first-order valence-corrected chi connectivity index (χ1v) is 10.3. The van der Waals surface area contributed by atoms with E-state index in [0.717, 1.165) is 11.3 Å². The summed E-state index contributed by atoms with van der Waals surface area (Å²) in [6.07, 6.45) is -1.02. The number of oxime groups is 1. The number of alkyl halides is 3. The number of rotatable bonds is 10. The molecule has 1 aromatic carbocycles. The number of aromatic nitrogens is 2. The summed E-state index contributed by atoms with van der Waals surface area (Å²) in [6.45, 7) is 1.15. The van der Waals surface area contributed by atoms with Crippen LogP contribution in [0.3, 0.4) is 0 Å². The number of carbonyl (C=O) groups is 1. The van der Waals surface area contributed by atoms with E-state index in [0.29, 0.717) is 29.2 Å². The number of imidazole rings is 1. The highest BCUT2D eigenvalue weighted by Gasteiger charge is 2.27. The first-order valence-electron chi connectivity index (χ1n) is 10.3. The lowest BCUT2D eigenvalue weighted by Crippen LogP contribution is -2.36. The van der Waals surface area contributed by atoms with Crippen molar-refractivity contribution in [3.63, 3.8) is 0 Å². The number of anilines is 1. The number of carbonyl (C=O) groups excluding carboxylic acids is 1. The van der Waals surface area contributed by atoms with Crippen LogP contribution < -0.4 is 10.6 Å². The molecule has 0 saturated heterocycles. The van der Waals surface area contributed by atoms with Gasteiger partial charge >= 0.3 is 12.2 Å². The normalized spacial score (nSPS) is 12.1. The third-order valence-corrected chi connectivity index (χ3v) is 4.55. The molecule has 0 saturated carbocycles. The zero-order valence-corrected chi connectivity index (χ0v) is 18.3. The van der Waals surface area contributed by atoms with Crippen LogP contribution in [0.2, 0.25) is 0 Å². The smallest absolute Gasteiger partial charge is 0.394 e. The highest BCUT2D eigenvalue weighted by molar-refractivity contribution is 5.99. The van der Waals surface area contributed by atoms with Crippen LogP contribution in [-0.2, 0) is 9.57 Å². The van der Waals surface area contributed by atoms with Crippen molar-refractivity contribution in [3.8, 4) is 11.3 Å². The number of hydrogen-bond acceptors (Lipinski definition) is 6. The second kappa shape index (κ2) is 11.5. The quantitative estimate of drug-likeness (QED) is 0.235. The minimum absolute atomic E-state index is 0.0489. The molecular weight excluding hydrogens is 455 g/mol. The summed E-state index contributed by atoms with van der Waals surface area (Å²) >= 11 is 0. The van der Waals surface area contributed by atoms with Gasteiger partial charge in [-0.25, -0.2) is 9.78 Å². The van der Waals surface area contributed by atoms with E-state index in [-0.39, 0.29) is 19.8 Å². The first-order chi connectivity index (χ1) is 16.3. The number of fused-ring (bicyclic) bond motifs is 1. The molecule has 0 aliphatic rings. The maximum Gasteiger partial charge on any atom is 0.405 e. The Morgan fingerprint density at radius 3 is 2.79 bits per heavy atom. The molecule has 12 heteroatoms. The van der Waals surface area contributed by atoms with Gasteiger partial charge in [-0.2, -0.15) is 13.2 Å². The van der Waals surface area contributed by atoms with Crippen molar-refractivity contribution in [1.29, 1.82) is 0 Å². The Morgan fingerprint density at radius 1 is 1.21 bits per heavy atom. The van der Waals surface area contributed by atoms with Gasteiger partial charge < -0.3 is 25.3 Å². The molecule has 3 aromatic rings. The number of nitrogens with one attached hydrogen (secondary N) is 2. The van der Waals surface area contributed by atoms with Crippen molar-refractivity contribution in [1.82, 2.24) is 14.7 Å². The molecule has 0 bridgehead atoms. The van der Waals surface area contributed by atoms with Crippen molar-refractivity contribution < 1.29 is 32.6 Å². The summed E-state index contributed by atoms with van der Waals surface area (Å²) in [7, 11) is 0. The molecule has 0 unspecified atom stereocenters. The van der Waals surface area contributed by atoms with Crippen LogP contribution in [0.1, 0.15) is 12.5 Å². The predicted molar refractivity (Wildman–Crippen MR) is 120 cm³/mol. The van der Waals surface area contributed by atoms with Crippen molar-refractivity contribution in [2.45, 2.75) is 13.1 Å². The van der Waals surface area contributed by atoms with Crippen LogP contribution in [0.15, 0.2) is 53.9 Å². The van der Waals surface area contributed by atoms with Gasteiger partial charge in [-0.1, -0.05) is 17.3 Å². The van der Waals surface area contributed by atoms with Gasteiger partial charge in [0.25, 0.3) is 0 Å². The van der Waals surface area contributed by atoms with Gasteiger partial charge in [-0.05, 0) is 31.2 Å². The Morgan fingerprint density at radius 2 is 2.03 bits per heavy atom. The maximum absolute atomic E-state index is 12.3. The van der Waals surface area contributed by atoms with Crippen LogP contribution in [0.4, 0.5) is 23.7 Å². The Hall–Kier alpha value is -3.64. The highest BCUT2D eigenvalue weighted by Crippen LogP contribution is 2.24. The summed E-state index contributed by atoms with van der Waals surface area (Å²) < 4.78 is 43.7. The maximum atomic E-state index is 12.3. The minimum atomic E-state index is -4.49. The van der Waals surface area contributed by atoms with Gasteiger partial charge in [0.05, 0.1) is 37.4 Å². The summed E-state index contributed by atoms with van der Waals surface area (Å²) in [6, 6.07) is 9.43. The molecule has 34 heavy (non-hydrogen) atoms. The lowest BCUT2D eigenvalue weighted by molar-refractivity contribution is -0.122. The van der Waals surface area contributed by atoms with E-state index in [1.165, 1.54) is 0 Å². The summed E-state index contributed by atoms with van der Waals surface area (Å²) in [4.78, 5) is 21.4. The van der Waals surface area contributed by atoms with Crippen LogP contribution in [-0.4, -0.2) is 65.4 Å². The average Bonchev–Trinajstić information content (AvgIpc) is 3.23. The summed E-state index contributed by atoms with van der Waals surface area (Å²) in [5.74, 6) is 0. The number of urea groups is 1. The summed E-state index contributed by atoms with van der Waals surface area (Å²) in [5.41, 5.74) is 3.88. The number of ether oxygens (including phenoxy) is 1. The number of halogens is 3. The topological polar surface area (TPSA) is 109 Å². The largest absolute Gasteiger partial charge is 0.405 e. The monoisotopic (exact) mass is 479 g/mol. The summed E-state index contributed by atoms with van der Waals surface area (Å²) in [5, 5.41) is 16.9. The molecule has 3 rings (SSSR count). The molecular formula is C22H24F3N5O4. The molecule has 3 N–H and O–H groups in total. The zero-order valence-electron chi connectivity index (χ0n) is 18.3. The fraction of sp³-hybridized carbons (Fsp3) is 0.318. The molecule has 2 aromatic heterocycles. The van der Waals surface area contributed by atoms with Crippen LogP contribution in [0.5, 0.6) is 0 Å². The number of nitrogens with zero attached hydrogens (tertiary/aromatic N) is 3. The molecule has 0 atom stereocenters. The standard InChI is InChI=1S/C22H24F3N5O4/c1-15(29-34-10-9-33-8-7-31)16-5-6-30-19(13-26-20(30)12-16)17-3-2-4-18(11-17)28-21(32)27-14-22(23,24)25/h2-6,11-13,31H,7-10,14H2,1H3,(H2,27,28,32)/b29-15+. The highest BCUT2D eigenvalue weighted by atomic mass is 19.4. The van der Waals surface area contributed by atoms with E-state index < -0.39 is 18.8 Å². The Balaban J connectivity index is 1.69. The fourth-order valence-electron chi connectivity index (χ4n) is 2.99. The second-order valence-electron chi connectivity index (χ2n) is 7.14. The molecule has 0 radical (unpaired) electrons. The van der Waals surface area contributed by atoms with Crippen molar-refractivity contribution in [2.75, 3.05) is 38.3 Å². The third-order valence-electron chi connectivity index (χ3n) is 4.55. The van der Waals surface area contributed by atoms with E-state index in [9.17, 15) is 18.0 Å². The lowest BCUT2D eigenvalue weighted by Gasteiger charge is -2.11. The number of amides is 2. The Labute approximate surface area is 193 Å². The van der Waals surface area contributed by atoms with E-state index >= 15 is 0 Å². The predicted octanol–water partition coefficient (Wildman–Crippen LogP) is 3.43. The molecule has 0 spiro atoms. The molecule has 2 amide bonds. The van der Waals surface area contributed by atoms with E-state index in [1.54, 1.807) is 42.7 Å². The van der Waals surface area contributed by atoms with Crippen molar-refractivity contribution in [3.05, 3.63) is 54.4 Å². The number of hydrogen-bond donors (Lipinski definition) is 3. The van der Waals surface area contributed by atoms with Crippen molar-refractivity contribution in [2.24, 2.45) is 5.16 Å². The van der Waals surface area contributed by atoms with Gasteiger partial charge in [0, 0.05) is 23.0 Å². The lowest BCUT2D eigenvalue weighted by atomic mass is 10.1. The number of benzene rings is 1. The first kappa shape index (κ1) is 25.0. The van der Waals surface area contributed by atoms with E-state index in [4.69, 9.17) is 14.7 Å². The van der Waals surface area contributed by atoms with Crippen molar-refractivity contribution >= 4 is 23.1 Å². The van der Waals surface area contributed by atoms with Gasteiger partial charge in [0.15, 0.2) is 0 Å². The van der Waals surface area contributed by atoms with Gasteiger partial charge in [-0.15, -0.1) is 0 Å². The number of pyridine rings is 1. The average molecular weight is 479 g/mol. The van der Waals surface area contributed by atoms with E-state index in [1.807, 2.05) is 22.7 Å². The Bertz CT molecular complexity index is 1150. The number of aliphatic hydroxyl groups is 1. The molecule has 2 heterocycles. The SMILES string of the molecule is C/C(=N\OCCOCCO)c1ccn2c(-c3cccc(NC(=O)NCC(F)(F)F)c3)cnc2c1. The van der Waals surface area contributed by atoms with Crippen LogP contribution >= 0.6 is 0 Å². The van der Waals surface area contributed by atoms with Crippen LogP contribution in [0.25, 0.3) is 16.9 Å². The number of aliphatic hydroxyl groups excluding tert-OH is 1. The molecule has 182 valence electrons. The third kappa shape index (κ3) is 7.18. The van der Waals surface area contributed by atoms with Gasteiger partial charge in [0.2, 0.25) is 0 Å². The molecule has 0 aliphatic carbocycles. The van der Waals surface area contributed by atoms with Gasteiger partial charge in [-0.3, -0.25) is 4.40 Å². The minimum Gasteiger partial charge on any atom is -0.394 e. The fourth-order valence-corrected chi connectivity index (χ4v) is 2.99. The molecule has 0 aliphatic heterocycles. The Kier molecular flexibility index (Phi) is 8.44. The second-order valence-corrected chi connectivity index (χ2v) is 7.14. The van der Waals surface area contributed by atoms with Gasteiger partial charge in [0.1, 0.15) is 18.8 Å². The molecule has 9 nitrogen and oxygen atoms in total.